The third kappa shape index (κ3) is 4.31. The molecule has 2 rings (SSSR count). The fourth-order valence-electron chi connectivity index (χ4n) is 2.56. The van der Waals surface area contributed by atoms with Crippen molar-refractivity contribution in [1.82, 2.24) is 9.97 Å². The normalized spacial score (nSPS) is 10.5. The first-order valence-corrected chi connectivity index (χ1v) is 8.48. The van der Waals surface area contributed by atoms with Gasteiger partial charge in [0, 0.05) is 31.9 Å². The number of amides is 1. The van der Waals surface area contributed by atoms with Crippen LogP contribution in [-0.2, 0) is 0 Å². The fourth-order valence-corrected chi connectivity index (χ4v) is 2.56. The van der Waals surface area contributed by atoms with E-state index in [0.717, 1.165) is 36.5 Å². The van der Waals surface area contributed by atoms with Crippen LogP contribution in [-0.4, -0.2) is 36.0 Å². The van der Waals surface area contributed by atoms with Gasteiger partial charge in [0.15, 0.2) is 0 Å². The first kappa shape index (κ1) is 17.9. The van der Waals surface area contributed by atoms with Gasteiger partial charge < -0.3 is 9.80 Å². The Balaban J connectivity index is 2.24. The monoisotopic (exact) mass is 326 g/mol. The van der Waals surface area contributed by atoms with Crippen molar-refractivity contribution >= 4 is 17.4 Å². The van der Waals surface area contributed by atoms with Gasteiger partial charge in [0.1, 0.15) is 17.8 Å². The summed E-state index contributed by atoms with van der Waals surface area (Å²) in [5, 5.41) is 0. The first-order chi connectivity index (χ1) is 11.6. The zero-order chi connectivity index (χ0) is 17.5. The van der Waals surface area contributed by atoms with Crippen LogP contribution in [0.3, 0.4) is 0 Å². The Labute approximate surface area is 144 Å². The quantitative estimate of drug-likeness (QED) is 0.778. The van der Waals surface area contributed by atoms with E-state index in [1.807, 2.05) is 45.2 Å². The minimum Gasteiger partial charge on any atom is -0.360 e. The molecule has 5 heteroatoms. The van der Waals surface area contributed by atoms with Gasteiger partial charge in [-0.25, -0.2) is 9.97 Å². The first-order valence-electron chi connectivity index (χ1n) is 8.48. The summed E-state index contributed by atoms with van der Waals surface area (Å²) in [4.78, 5) is 25.2. The minimum atomic E-state index is -0.101. The molecule has 1 heterocycles. The smallest absolute Gasteiger partial charge is 0.277 e. The summed E-state index contributed by atoms with van der Waals surface area (Å²) in [5.74, 6) is 0.678. The van der Waals surface area contributed by atoms with Gasteiger partial charge in [0.2, 0.25) is 0 Å². The summed E-state index contributed by atoms with van der Waals surface area (Å²) in [6.45, 7) is 7.65. The van der Waals surface area contributed by atoms with Gasteiger partial charge >= 0.3 is 0 Å². The van der Waals surface area contributed by atoms with Crippen LogP contribution in [0.15, 0.2) is 36.7 Å². The topological polar surface area (TPSA) is 49.3 Å². The Bertz CT molecular complexity index is 687. The number of hydrogen-bond acceptors (Lipinski definition) is 4. The van der Waals surface area contributed by atoms with Crippen molar-refractivity contribution in [3.8, 4) is 0 Å². The lowest BCUT2D eigenvalue weighted by molar-refractivity contribution is 0.0983. The zero-order valence-corrected chi connectivity index (χ0v) is 15.0. The predicted molar refractivity (Wildman–Crippen MR) is 98.7 cm³/mol. The molecule has 0 radical (unpaired) electrons. The number of nitrogens with zero attached hydrogens (tertiary/aromatic N) is 4. The Morgan fingerprint density at radius 2 is 1.96 bits per heavy atom. The molecule has 0 saturated heterocycles. The molecule has 2 aromatic rings. The van der Waals surface area contributed by atoms with Crippen LogP contribution in [0.5, 0.6) is 0 Å². The summed E-state index contributed by atoms with van der Waals surface area (Å²) in [7, 11) is 1.99. The van der Waals surface area contributed by atoms with E-state index in [-0.39, 0.29) is 5.91 Å². The molecule has 0 unspecified atom stereocenters. The number of rotatable bonds is 7. The summed E-state index contributed by atoms with van der Waals surface area (Å²) >= 11 is 0. The van der Waals surface area contributed by atoms with Crippen molar-refractivity contribution in [3.63, 3.8) is 0 Å². The molecule has 5 nitrogen and oxygen atoms in total. The number of unbranched alkanes of at least 4 members (excludes halogenated alkanes) is 1. The number of carbonyl (C=O) groups is 1. The van der Waals surface area contributed by atoms with Gasteiger partial charge in [-0.1, -0.05) is 25.5 Å². The van der Waals surface area contributed by atoms with E-state index >= 15 is 0 Å². The van der Waals surface area contributed by atoms with Gasteiger partial charge in [-0.15, -0.1) is 0 Å². The van der Waals surface area contributed by atoms with Crippen molar-refractivity contribution in [2.24, 2.45) is 0 Å². The van der Waals surface area contributed by atoms with Crippen molar-refractivity contribution in [2.45, 2.75) is 33.6 Å². The van der Waals surface area contributed by atoms with E-state index in [9.17, 15) is 4.79 Å². The summed E-state index contributed by atoms with van der Waals surface area (Å²) in [5.41, 5.74) is 2.44. The zero-order valence-electron chi connectivity index (χ0n) is 15.0. The van der Waals surface area contributed by atoms with Crippen LogP contribution in [0, 0.1) is 6.92 Å². The molecule has 1 amide bonds. The number of aryl methyl sites for hydroxylation is 1. The maximum absolute atomic E-state index is 12.9. The molecule has 24 heavy (non-hydrogen) atoms. The van der Waals surface area contributed by atoms with Crippen LogP contribution >= 0.6 is 0 Å². The number of carbonyl (C=O) groups excluding carboxylic acids is 1. The van der Waals surface area contributed by atoms with Crippen LogP contribution in [0.25, 0.3) is 0 Å². The molecule has 1 aromatic carbocycles. The molecular weight excluding hydrogens is 300 g/mol. The molecule has 1 aromatic heterocycles. The van der Waals surface area contributed by atoms with E-state index in [4.69, 9.17) is 0 Å². The largest absolute Gasteiger partial charge is 0.360 e. The van der Waals surface area contributed by atoms with Crippen molar-refractivity contribution in [2.75, 3.05) is 29.9 Å². The Kier molecular flexibility index (Phi) is 6.29. The minimum absolute atomic E-state index is 0.101. The standard InChI is InChI=1S/C19H26N4O/c1-5-7-11-22(4)18-13-17(20-14-21-18)19(24)23(6-2)16-10-8-9-15(3)12-16/h8-10,12-14H,5-7,11H2,1-4H3. The van der Waals surface area contributed by atoms with Gasteiger partial charge in [-0.2, -0.15) is 0 Å². The second-order valence-corrected chi connectivity index (χ2v) is 5.92. The third-order valence-electron chi connectivity index (χ3n) is 3.98. The molecule has 0 spiro atoms. The fraction of sp³-hybridized carbons (Fsp3) is 0.421. The highest BCUT2D eigenvalue weighted by atomic mass is 16.2. The number of aromatic nitrogens is 2. The molecule has 128 valence electrons. The number of benzene rings is 1. The molecule has 0 N–H and O–H groups in total. The van der Waals surface area contributed by atoms with Gasteiger partial charge in [-0.05, 0) is 38.0 Å². The third-order valence-corrected chi connectivity index (χ3v) is 3.98. The molecule has 0 fully saturated rings. The highest BCUT2D eigenvalue weighted by Crippen LogP contribution is 2.19. The molecule has 0 atom stereocenters. The second-order valence-electron chi connectivity index (χ2n) is 5.92. The van der Waals surface area contributed by atoms with Crippen LogP contribution < -0.4 is 9.80 Å². The summed E-state index contributed by atoms with van der Waals surface area (Å²) in [6.07, 6.45) is 3.68. The lowest BCUT2D eigenvalue weighted by Gasteiger charge is -2.22. The highest BCUT2D eigenvalue weighted by molar-refractivity contribution is 6.05. The molecule has 0 aliphatic carbocycles. The van der Waals surface area contributed by atoms with E-state index in [0.29, 0.717) is 12.2 Å². The highest BCUT2D eigenvalue weighted by Gasteiger charge is 2.18. The van der Waals surface area contributed by atoms with Gasteiger partial charge in [0.25, 0.3) is 5.91 Å². The Morgan fingerprint density at radius 3 is 2.62 bits per heavy atom. The van der Waals surface area contributed by atoms with Crippen LogP contribution in [0.2, 0.25) is 0 Å². The maximum Gasteiger partial charge on any atom is 0.277 e. The number of hydrogen-bond donors (Lipinski definition) is 0. The summed E-state index contributed by atoms with van der Waals surface area (Å²) in [6, 6.07) is 9.72. The van der Waals surface area contributed by atoms with Gasteiger partial charge in [0.05, 0.1) is 0 Å². The lowest BCUT2D eigenvalue weighted by Crippen LogP contribution is -2.31. The molecule has 0 aliphatic heterocycles. The van der Waals surface area contributed by atoms with Crippen molar-refractivity contribution in [1.29, 1.82) is 0 Å². The van der Waals surface area contributed by atoms with Gasteiger partial charge in [-0.3, -0.25) is 4.79 Å². The van der Waals surface area contributed by atoms with E-state index in [1.165, 1.54) is 6.33 Å². The van der Waals surface area contributed by atoms with E-state index < -0.39 is 0 Å². The van der Waals surface area contributed by atoms with Crippen molar-refractivity contribution in [3.05, 3.63) is 47.9 Å². The molecule has 0 saturated carbocycles. The molecular formula is C19H26N4O. The number of anilines is 2. The SMILES string of the molecule is CCCCN(C)c1cc(C(=O)N(CC)c2cccc(C)c2)ncn1. The summed E-state index contributed by atoms with van der Waals surface area (Å²) < 4.78 is 0. The lowest BCUT2D eigenvalue weighted by atomic mass is 10.2. The average molecular weight is 326 g/mol. The van der Waals surface area contributed by atoms with Crippen molar-refractivity contribution < 1.29 is 4.79 Å². The average Bonchev–Trinajstić information content (AvgIpc) is 2.60. The van der Waals surface area contributed by atoms with Crippen LogP contribution in [0.1, 0.15) is 42.7 Å². The Morgan fingerprint density at radius 1 is 1.17 bits per heavy atom. The second kappa shape index (κ2) is 8.43. The molecule has 0 bridgehead atoms. The van der Waals surface area contributed by atoms with E-state index in [2.05, 4.69) is 21.8 Å². The maximum atomic E-state index is 12.9. The molecule has 0 aliphatic rings. The predicted octanol–water partition coefficient (Wildman–Crippen LogP) is 3.69. The Hall–Kier alpha value is -2.43. The van der Waals surface area contributed by atoms with E-state index in [1.54, 1.807) is 11.0 Å². The van der Waals surface area contributed by atoms with Crippen LogP contribution in [0.4, 0.5) is 11.5 Å².